The summed E-state index contributed by atoms with van der Waals surface area (Å²) < 4.78 is 0. The summed E-state index contributed by atoms with van der Waals surface area (Å²) in [7, 11) is 0. The lowest BCUT2D eigenvalue weighted by Crippen LogP contribution is -2.28. The van der Waals surface area contributed by atoms with Crippen molar-refractivity contribution in [1.29, 1.82) is 0 Å². The monoisotopic (exact) mass is 254 g/mol. The minimum absolute atomic E-state index is 0.268. The van der Waals surface area contributed by atoms with Gasteiger partial charge in [0.05, 0.1) is 5.60 Å². The first-order valence-electron chi connectivity index (χ1n) is 6.15. The Morgan fingerprint density at radius 1 is 1.00 bits per heavy atom. The predicted molar refractivity (Wildman–Crippen MR) is 74.5 cm³/mol. The second kappa shape index (κ2) is 5.41. The molecule has 0 amide bonds. The second-order valence-electron chi connectivity index (χ2n) is 6.36. The smallest absolute Gasteiger partial charge is 0.0660 e. The molecule has 1 aromatic carbocycles. The van der Waals surface area contributed by atoms with E-state index in [9.17, 15) is 5.11 Å². The van der Waals surface area contributed by atoms with Crippen molar-refractivity contribution in [2.24, 2.45) is 5.41 Å². The highest BCUT2D eigenvalue weighted by molar-refractivity contribution is 6.30. The molecule has 1 nitrogen and oxygen atoms in total. The minimum atomic E-state index is -0.638. The van der Waals surface area contributed by atoms with E-state index >= 15 is 0 Å². The molecule has 17 heavy (non-hydrogen) atoms. The van der Waals surface area contributed by atoms with Crippen LogP contribution < -0.4 is 0 Å². The van der Waals surface area contributed by atoms with Gasteiger partial charge in [-0.15, -0.1) is 0 Å². The molecule has 1 unspecified atom stereocenters. The molecule has 0 fully saturated rings. The SMILES string of the molecule is CC(C)(C)CCC(C)(O)Cc1ccc(Cl)cc1. The summed E-state index contributed by atoms with van der Waals surface area (Å²) >= 11 is 5.84. The van der Waals surface area contributed by atoms with Crippen molar-refractivity contribution in [3.05, 3.63) is 34.9 Å². The third-order valence-corrected chi connectivity index (χ3v) is 3.16. The molecule has 0 radical (unpaired) electrons. The van der Waals surface area contributed by atoms with E-state index in [1.54, 1.807) is 0 Å². The fraction of sp³-hybridized carbons (Fsp3) is 0.600. The van der Waals surface area contributed by atoms with Gasteiger partial charge in [0, 0.05) is 11.4 Å². The number of hydrogen-bond donors (Lipinski definition) is 1. The molecule has 1 N–H and O–H groups in total. The molecule has 0 aliphatic rings. The van der Waals surface area contributed by atoms with Crippen molar-refractivity contribution >= 4 is 11.6 Å². The van der Waals surface area contributed by atoms with E-state index in [-0.39, 0.29) is 5.41 Å². The Balaban J connectivity index is 2.57. The highest BCUT2D eigenvalue weighted by Gasteiger charge is 2.23. The maximum absolute atomic E-state index is 10.4. The van der Waals surface area contributed by atoms with Gasteiger partial charge in [-0.3, -0.25) is 0 Å². The average Bonchev–Trinajstić information content (AvgIpc) is 2.18. The molecule has 0 aromatic heterocycles. The van der Waals surface area contributed by atoms with Crippen molar-refractivity contribution in [2.45, 2.75) is 52.6 Å². The van der Waals surface area contributed by atoms with Gasteiger partial charge in [-0.05, 0) is 42.9 Å². The molecule has 0 saturated carbocycles. The van der Waals surface area contributed by atoms with Crippen LogP contribution >= 0.6 is 11.6 Å². The van der Waals surface area contributed by atoms with Gasteiger partial charge in [0.1, 0.15) is 0 Å². The van der Waals surface area contributed by atoms with Crippen molar-refractivity contribution < 1.29 is 5.11 Å². The molecular weight excluding hydrogens is 232 g/mol. The van der Waals surface area contributed by atoms with E-state index in [4.69, 9.17) is 11.6 Å². The Kier molecular flexibility index (Phi) is 4.62. The van der Waals surface area contributed by atoms with Crippen LogP contribution in [0.4, 0.5) is 0 Å². The summed E-state index contributed by atoms with van der Waals surface area (Å²) in [6.45, 7) is 8.51. The van der Waals surface area contributed by atoms with Crippen molar-refractivity contribution in [3.8, 4) is 0 Å². The van der Waals surface area contributed by atoms with Gasteiger partial charge in [-0.25, -0.2) is 0 Å². The first-order valence-corrected chi connectivity index (χ1v) is 6.53. The molecule has 2 heteroatoms. The topological polar surface area (TPSA) is 20.2 Å². The zero-order chi connectivity index (χ0) is 13.1. The van der Waals surface area contributed by atoms with E-state index in [2.05, 4.69) is 20.8 Å². The molecule has 1 aromatic rings. The van der Waals surface area contributed by atoms with E-state index in [1.165, 1.54) is 0 Å². The van der Waals surface area contributed by atoms with Crippen LogP contribution in [0.25, 0.3) is 0 Å². The van der Waals surface area contributed by atoms with Gasteiger partial charge in [-0.1, -0.05) is 44.5 Å². The van der Waals surface area contributed by atoms with E-state index in [0.29, 0.717) is 6.42 Å². The maximum Gasteiger partial charge on any atom is 0.0660 e. The number of benzene rings is 1. The Bertz CT molecular complexity index is 346. The number of halogens is 1. The molecule has 0 saturated heterocycles. The van der Waals surface area contributed by atoms with Crippen LogP contribution in [0.3, 0.4) is 0 Å². The van der Waals surface area contributed by atoms with Crippen molar-refractivity contribution in [3.63, 3.8) is 0 Å². The summed E-state index contributed by atoms with van der Waals surface area (Å²) in [6, 6.07) is 7.70. The molecule has 0 spiro atoms. The Morgan fingerprint density at radius 2 is 1.53 bits per heavy atom. The van der Waals surface area contributed by atoms with Crippen LogP contribution in [-0.4, -0.2) is 10.7 Å². The molecule has 0 bridgehead atoms. The van der Waals surface area contributed by atoms with Gasteiger partial charge in [0.15, 0.2) is 0 Å². The summed E-state index contributed by atoms with van der Waals surface area (Å²) in [6.07, 6.45) is 2.52. The normalized spacial score (nSPS) is 15.6. The fourth-order valence-corrected chi connectivity index (χ4v) is 1.90. The van der Waals surface area contributed by atoms with Crippen LogP contribution in [0.15, 0.2) is 24.3 Å². The lowest BCUT2D eigenvalue weighted by atomic mass is 9.83. The molecular formula is C15H23ClO. The van der Waals surface area contributed by atoms with E-state index in [1.807, 2.05) is 31.2 Å². The van der Waals surface area contributed by atoms with Crippen LogP contribution in [0, 0.1) is 5.41 Å². The third-order valence-electron chi connectivity index (χ3n) is 2.91. The average molecular weight is 255 g/mol. The number of aliphatic hydroxyl groups is 1. The number of rotatable bonds is 4. The van der Waals surface area contributed by atoms with Gasteiger partial charge >= 0.3 is 0 Å². The van der Waals surface area contributed by atoms with Crippen LogP contribution in [0.1, 0.15) is 46.1 Å². The predicted octanol–water partition coefficient (Wildman–Crippen LogP) is 4.46. The zero-order valence-corrected chi connectivity index (χ0v) is 12.0. The summed E-state index contributed by atoms with van der Waals surface area (Å²) in [5.74, 6) is 0. The van der Waals surface area contributed by atoms with Crippen LogP contribution in [-0.2, 0) is 6.42 Å². The third kappa shape index (κ3) is 6.09. The van der Waals surface area contributed by atoms with Gasteiger partial charge < -0.3 is 5.11 Å². The molecule has 0 aliphatic heterocycles. The van der Waals surface area contributed by atoms with Crippen molar-refractivity contribution in [1.82, 2.24) is 0 Å². The molecule has 96 valence electrons. The summed E-state index contributed by atoms with van der Waals surface area (Å²) in [5.41, 5.74) is 0.763. The Hall–Kier alpha value is -0.530. The van der Waals surface area contributed by atoms with E-state index < -0.39 is 5.60 Å². The van der Waals surface area contributed by atoms with Gasteiger partial charge in [0.2, 0.25) is 0 Å². The van der Waals surface area contributed by atoms with Gasteiger partial charge in [0.25, 0.3) is 0 Å². The first-order chi connectivity index (χ1) is 7.68. The molecule has 1 atom stereocenters. The summed E-state index contributed by atoms with van der Waals surface area (Å²) in [4.78, 5) is 0. The minimum Gasteiger partial charge on any atom is -0.390 e. The lowest BCUT2D eigenvalue weighted by molar-refractivity contribution is 0.0396. The highest BCUT2D eigenvalue weighted by Crippen LogP contribution is 2.27. The maximum atomic E-state index is 10.4. The van der Waals surface area contributed by atoms with Crippen molar-refractivity contribution in [2.75, 3.05) is 0 Å². The molecule has 0 heterocycles. The molecule has 1 rings (SSSR count). The quantitative estimate of drug-likeness (QED) is 0.841. The zero-order valence-electron chi connectivity index (χ0n) is 11.3. The van der Waals surface area contributed by atoms with E-state index in [0.717, 1.165) is 23.4 Å². The van der Waals surface area contributed by atoms with Gasteiger partial charge in [-0.2, -0.15) is 0 Å². The Labute approximate surface area is 110 Å². The fourth-order valence-electron chi connectivity index (χ4n) is 1.77. The number of hydrogen-bond acceptors (Lipinski definition) is 1. The second-order valence-corrected chi connectivity index (χ2v) is 6.80. The first kappa shape index (κ1) is 14.5. The Morgan fingerprint density at radius 3 is 2.00 bits per heavy atom. The molecule has 0 aliphatic carbocycles. The highest BCUT2D eigenvalue weighted by atomic mass is 35.5. The standard InChI is InChI=1S/C15H23ClO/c1-14(2,3)9-10-15(4,17)11-12-5-7-13(16)8-6-12/h5-8,17H,9-11H2,1-4H3. The largest absolute Gasteiger partial charge is 0.390 e. The van der Waals surface area contributed by atoms with Crippen LogP contribution in [0.2, 0.25) is 5.02 Å². The summed E-state index contributed by atoms with van der Waals surface area (Å²) in [5, 5.41) is 11.1. The lowest BCUT2D eigenvalue weighted by Gasteiger charge is -2.28. The van der Waals surface area contributed by atoms with Crippen LogP contribution in [0.5, 0.6) is 0 Å².